The van der Waals surface area contributed by atoms with E-state index >= 15 is 0 Å². The first-order valence-corrected chi connectivity index (χ1v) is 7.90. The summed E-state index contributed by atoms with van der Waals surface area (Å²) in [4.78, 5) is 4.75. The van der Waals surface area contributed by atoms with Crippen LogP contribution in [0.15, 0.2) is 45.3 Å². The molecule has 0 spiro atoms. The first-order chi connectivity index (χ1) is 9.61. The second-order valence-electron chi connectivity index (χ2n) is 4.51. The van der Waals surface area contributed by atoms with Gasteiger partial charge in [-0.15, -0.1) is 0 Å². The molecule has 1 heterocycles. The molecular formula is C15H13Br2N3. The average Bonchev–Trinajstić information content (AvgIpc) is 2.79. The highest BCUT2D eigenvalue weighted by atomic mass is 79.9. The zero-order valence-corrected chi connectivity index (χ0v) is 14.1. The van der Waals surface area contributed by atoms with Crippen LogP contribution in [0.5, 0.6) is 0 Å². The van der Waals surface area contributed by atoms with E-state index in [2.05, 4.69) is 49.4 Å². The van der Waals surface area contributed by atoms with Crippen LogP contribution < -0.4 is 5.73 Å². The van der Waals surface area contributed by atoms with Crippen LogP contribution in [0.3, 0.4) is 0 Å². The molecule has 0 atom stereocenters. The van der Waals surface area contributed by atoms with Gasteiger partial charge in [-0.2, -0.15) is 0 Å². The summed E-state index contributed by atoms with van der Waals surface area (Å²) in [7, 11) is 0. The highest BCUT2D eigenvalue weighted by Gasteiger charge is 2.14. The topological polar surface area (TPSA) is 43.8 Å². The lowest BCUT2D eigenvalue weighted by Gasteiger charge is -2.09. The number of aromatic nitrogens is 2. The highest BCUT2D eigenvalue weighted by Crippen LogP contribution is 2.33. The Hall–Kier alpha value is -1.33. The number of para-hydroxylation sites is 1. The monoisotopic (exact) mass is 393 g/mol. The molecule has 0 aliphatic carbocycles. The van der Waals surface area contributed by atoms with Crippen molar-refractivity contribution in [2.75, 3.05) is 5.73 Å². The van der Waals surface area contributed by atoms with Crippen LogP contribution in [0.25, 0.3) is 22.4 Å². The van der Waals surface area contributed by atoms with Crippen molar-refractivity contribution in [3.05, 3.63) is 45.3 Å². The third-order valence-corrected chi connectivity index (χ3v) is 4.51. The Morgan fingerprint density at radius 3 is 2.75 bits per heavy atom. The fraction of sp³-hybridized carbons (Fsp3) is 0.133. The molecule has 5 heteroatoms. The van der Waals surface area contributed by atoms with Gasteiger partial charge in [0.1, 0.15) is 5.82 Å². The molecule has 0 aliphatic heterocycles. The predicted molar refractivity (Wildman–Crippen MR) is 90.7 cm³/mol. The van der Waals surface area contributed by atoms with Crippen LogP contribution in [-0.4, -0.2) is 9.55 Å². The number of halogens is 2. The molecule has 1 aromatic heterocycles. The maximum absolute atomic E-state index is 6.18. The summed E-state index contributed by atoms with van der Waals surface area (Å²) in [6.07, 6.45) is 0. The Morgan fingerprint density at radius 1 is 1.20 bits per heavy atom. The number of benzene rings is 2. The average molecular weight is 395 g/mol. The van der Waals surface area contributed by atoms with Crippen LogP contribution in [-0.2, 0) is 6.54 Å². The maximum atomic E-state index is 6.18. The molecule has 0 bridgehead atoms. The number of nitrogens with two attached hydrogens (primary N) is 1. The van der Waals surface area contributed by atoms with E-state index in [1.54, 1.807) is 0 Å². The smallest absolute Gasteiger partial charge is 0.143 e. The summed E-state index contributed by atoms with van der Waals surface area (Å²) in [6, 6.07) is 12.1. The van der Waals surface area contributed by atoms with Crippen molar-refractivity contribution >= 4 is 48.6 Å². The number of hydrogen-bond acceptors (Lipinski definition) is 2. The lowest BCUT2D eigenvalue weighted by molar-refractivity contribution is 0.796. The minimum absolute atomic E-state index is 0.719. The van der Waals surface area contributed by atoms with E-state index in [-0.39, 0.29) is 0 Å². The molecule has 0 fully saturated rings. The quantitative estimate of drug-likeness (QED) is 0.632. The molecule has 0 radical (unpaired) electrons. The molecule has 0 amide bonds. The van der Waals surface area contributed by atoms with Gasteiger partial charge in [0.05, 0.1) is 16.7 Å². The van der Waals surface area contributed by atoms with Gasteiger partial charge in [0.25, 0.3) is 0 Å². The number of fused-ring (bicyclic) bond motifs is 1. The summed E-state index contributed by atoms with van der Waals surface area (Å²) < 4.78 is 4.10. The van der Waals surface area contributed by atoms with E-state index in [1.165, 1.54) is 0 Å². The van der Waals surface area contributed by atoms with E-state index in [1.807, 2.05) is 30.3 Å². The third kappa shape index (κ3) is 2.15. The van der Waals surface area contributed by atoms with Gasteiger partial charge in [-0.05, 0) is 53.2 Å². The van der Waals surface area contributed by atoms with Crippen LogP contribution >= 0.6 is 31.9 Å². The summed E-state index contributed by atoms with van der Waals surface area (Å²) in [6.45, 7) is 2.96. The Kier molecular flexibility index (Phi) is 3.56. The van der Waals surface area contributed by atoms with Gasteiger partial charge < -0.3 is 10.3 Å². The van der Waals surface area contributed by atoms with Crippen molar-refractivity contribution in [2.24, 2.45) is 0 Å². The minimum Gasteiger partial charge on any atom is -0.397 e. The van der Waals surface area contributed by atoms with E-state index in [0.717, 1.165) is 43.6 Å². The number of nitrogen functional groups attached to an aromatic ring is 1. The molecule has 2 aromatic carbocycles. The molecule has 102 valence electrons. The van der Waals surface area contributed by atoms with Gasteiger partial charge in [0, 0.05) is 21.1 Å². The Balaban J connectivity index is 2.33. The van der Waals surface area contributed by atoms with Gasteiger partial charge in [0.2, 0.25) is 0 Å². The molecule has 2 N–H and O–H groups in total. The number of hydrogen-bond donors (Lipinski definition) is 1. The minimum atomic E-state index is 0.719. The van der Waals surface area contributed by atoms with Gasteiger partial charge in [-0.25, -0.2) is 4.98 Å². The van der Waals surface area contributed by atoms with Gasteiger partial charge in [0.15, 0.2) is 0 Å². The normalized spacial score (nSPS) is 11.2. The molecule has 0 aliphatic rings. The largest absolute Gasteiger partial charge is 0.397 e. The first-order valence-electron chi connectivity index (χ1n) is 6.32. The molecule has 20 heavy (non-hydrogen) atoms. The maximum Gasteiger partial charge on any atom is 0.143 e. The van der Waals surface area contributed by atoms with E-state index in [4.69, 9.17) is 10.7 Å². The van der Waals surface area contributed by atoms with E-state index < -0.39 is 0 Å². The number of rotatable bonds is 2. The molecule has 0 saturated heterocycles. The Bertz CT molecular complexity index is 793. The molecule has 3 aromatic rings. The Morgan fingerprint density at radius 2 is 2.00 bits per heavy atom. The SMILES string of the molecule is CCn1c(-c2cccc(Br)c2N)nc2cc(Br)ccc21. The second kappa shape index (κ2) is 5.22. The standard InChI is InChI=1S/C15H13Br2N3/c1-2-20-13-7-6-9(16)8-12(13)19-15(20)10-4-3-5-11(17)14(10)18/h3-8H,2,18H2,1H3. The highest BCUT2D eigenvalue weighted by molar-refractivity contribution is 9.10. The van der Waals surface area contributed by atoms with Gasteiger partial charge >= 0.3 is 0 Å². The predicted octanol–water partition coefficient (Wildman–Crippen LogP) is 4.83. The molecule has 3 nitrogen and oxygen atoms in total. The molecule has 0 saturated carbocycles. The van der Waals surface area contributed by atoms with Crippen LogP contribution in [0, 0.1) is 0 Å². The van der Waals surface area contributed by atoms with E-state index in [0.29, 0.717) is 0 Å². The second-order valence-corrected chi connectivity index (χ2v) is 6.28. The lowest BCUT2D eigenvalue weighted by Crippen LogP contribution is -2.00. The summed E-state index contributed by atoms with van der Waals surface area (Å²) in [5.74, 6) is 0.902. The van der Waals surface area contributed by atoms with Gasteiger partial charge in [-0.3, -0.25) is 0 Å². The number of aryl methyl sites for hydroxylation is 1. The molecular weight excluding hydrogens is 382 g/mol. The fourth-order valence-corrected chi connectivity index (χ4v) is 3.08. The van der Waals surface area contributed by atoms with Crippen LogP contribution in [0.4, 0.5) is 5.69 Å². The number of nitrogens with zero attached hydrogens (tertiary/aromatic N) is 2. The zero-order chi connectivity index (χ0) is 14.3. The van der Waals surface area contributed by atoms with Crippen molar-refractivity contribution in [3.63, 3.8) is 0 Å². The van der Waals surface area contributed by atoms with Crippen molar-refractivity contribution in [1.29, 1.82) is 0 Å². The third-order valence-electron chi connectivity index (χ3n) is 3.32. The van der Waals surface area contributed by atoms with Crippen molar-refractivity contribution < 1.29 is 0 Å². The molecule has 0 unspecified atom stereocenters. The lowest BCUT2D eigenvalue weighted by atomic mass is 10.1. The van der Waals surface area contributed by atoms with Crippen LogP contribution in [0.2, 0.25) is 0 Å². The van der Waals surface area contributed by atoms with E-state index in [9.17, 15) is 0 Å². The van der Waals surface area contributed by atoms with Crippen LogP contribution in [0.1, 0.15) is 6.92 Å². The number of anilines is 1. The van der Waals surface area contributed by atoms with Gasteiger partial charge in [-0.1, -0.05) is 22.0 Å². The zero-order valence-electron chi connectivity index (χ0n) is 10.9. The summed E-state index contributed by atoms with van der Waals surface area (Å²) in [5.41, 5.74) is 9.94. The van der Waals surface area contributed by atoms with Crippen molar-refractivity contribution in [1.82, 2.24) is 9.55 Å². The summed E-state index contributed by atoms with van der Waals surface area (Å²) in [5, 5.41) is 0. The van der Waals surface area contributed by atoms with Crippen molar-refractivity contribution in [2.45, 2.75) is 13.5 Å². The summed E-state index contributed by atoms with van der Waals surface area (Å²) >= 11 is 6.96. The fourth-order valence-electron chi connectivity index (χ4n) is 2.36. The molecule has 3 rings (SSSR count). The van der Waals surface area contributed by atoms with Crippen molar-refractivity contribution in [3.8, 4) is 11.4 Å². The first kappa shape index (κ1) is 13.6. The Labute approximate surface area is 134 Å². The number of imidazole rings is 1.